The first-order valence-electron chi connectivity index (χ1n) is 5.63. The van der Waals surface area contributed by atoms with E-state index in [1.54, 1.807) is 10.9 Å². The van der Waals surface area contributed by atoms with Crippen LogP contribution in [0.3, 0.4) is 0 Å². The fraction of sp³-hybridized carbons (Fsp3) is 0.417. The van der Waals surface area contributed by atoms with Gasteiger partial charge in [-0.2, -0.15) is 0 Å². The molecule has 2 rings (SSSR count). The average molecular weight is 240 g/mol. The lowest BCUT2D eigenvalue weighted by Crippen LogP contribution is -1.97. The molecule has 0 amide bonds. The molecule has 3 nitrogen and oxygen atoms in total. The van der Waals surface area contributed by atoms with Crippen molar-refractivity contribution in [3.05, 3.63) is 30.1 Å². The summed E-state index contributed by atoms with van der Waals surface area (Å²) in [6, 6.07) is 2.28. The van der Waals surface area contributed by atoms with Crippen molar-refractivity contribution in [3.8, 4) is 0 Å². The van der Waals surface area contributed by atoms with Crippen LogP contribution >= 0.6 is 0 Å². The molecule has 1 heterocycles. The summed E-state index contributed by atoms with van der Waals surface area (Å²) in [6.45, 7) is 0.881. The van der Waals surface area contributed by atoms with Crippen LogP contribution in [0, 0.1) is 11.6 Å². The van der Waals surface area contributed by atoms with Crippen LogP contribution in [0.1, 0.15) is 19.3 Å². The summed E-state index contributed by atoms with van der Waals surface area (Å²) in [4.78, 5) is 4.03. The summed E-state index contributed by atoms with van der Waals surface area (Å²) in [6.07, 6.45) is 4.13. The van der Waals surface area contributed by atoms with E-state index in [2.05, 4.69) is 4.98 Å². The molecule has 2 aromatic rings. The van der Waals surface area contributed by atoms with Gasteiger partial charge in [0.1, 0.15) is 0 Å². The van der Waals surface area contributed by atoms with Crippen LogP contribution in [0.2, 0.25) is 0 Å². The Hall–Kier alpha value is -1.49. The molecule has 0 radical (unpaired) electrons. The Kier molecular flexibility index (Phi) is 3.68. The van der Waals surface area contributed by atoms with E-state index in [0.717, 1.165) is 25.3 Å². The first-order valence-corrected chi connectivity index (χ1v) is 5.63. The topological polar surface area (TPSA) is 38.0 Å². The number of fused-ring (bicyclic) bond motifs is 1. The minimum absolute atomic E-state index is 0.185. The molecule has 1 aromatic heterocycles. The summed E-state index contributed by atoms with van der Waals surface area (Å²) in [5.74, 6) is -1.72. The second-order valence-corrected chi connectivity index (χ2v) is 3.98. The van der Waals surface area contributed by atoms with Gasteiger partial charge >= 0.3 is 0 Å². The molecule has 17 heavy (non-hydrogen) atoms. The molecular formula is C12H14F2N2O. The van der Waals surface area contributed by atoms with Gasteiger partial charge in [0.25, 0.3) is 0 Å². The van der Waals surface area contributed by atoms with Gasteiger partial charge in [0.2, 0.25) is 0 Å². The number of halogens is 2. The monoisotopic (exact) mass is 240 g/mol. The quantitative estimate of drug-likeness (QED) is 0.815. The fourth-order valence-electron chi connectivity index (χ4n) is 1.80. The second kappa shape index (κ2) is 5.23. The fourth-order valence-corrected chi connectivity index (χ4v) is 1.80. The van der Waals surface area contributed by atoms with Crippen LogP contribution in [0.25, 0.3) is 11.0 Å². The highest BCUT2D eigenvalue weighted by molar-refractivity contribution is 5.75. The normalized spacial score (nSPS) is 11.2. The van der Waals surface area contributed by atoms with E-state index in [9.17, 15) is 8.78 Å². The van der Waals surface area contributed by atoms with E-state index in [4.69, 9.17) is 5.11 Å². The van der Waals surface area contributed by atoms with Gasteiger partial charge in [-0.1, -0.05) is 0 Å². The van der Waals surface area contributed by atoms with Crippen LogP contribution < -0.4 is 0 Å². The molecule has 92 valence electrons. The number of aliphatic hydroxyl groups is 1. The molecule has 1 N–H and O–H groups in total. The lowest BCUT2D eigenvalue weighted by molar-refractivity contribution is 0.282. The van der Waals surface area contributed by atoms with Crippen molar-refractivity contribution < 1.29 is 13.9 Å². The number of imidazole rings is 1. The third-order valence-corrected chi connectivity index (χ3v) is 2.72. The van der Waals surface area contributed by atoms with Gasteiger partial charge in [0.05, 0.1) is 17.4 Å². The Morgan fingerprint density at radius 1 is 1.12 bits per heavy atom. The summed E-state index contributed by atoms with van der Waals surface area (Å²) in [5.41, 5.74) is 1.07. The van der Waals surface area contributed by atoms with E-state index in [0.29, 0.717) is 17.6 Å². The van der Waals surface area contributed by atoms with Gasteiger partial charge in [-0.15, -0.1) is 0 Å². The molecule has 0 fully saturated rings. The van der Waals surface area contributed by atoms with Crippen LogP contribution in [-0.4, -0.2) is 21.3 Å². The molecule has 0 spiro atoms. The van der Waals surface area contributed by atoms with Gasteiger partial charge in [0.15, 0.2) is 11.6 Å². The van der Waals surface area contributed by atoms with Crippen LogP contribution in [0.15, 0.2) is 18.5 Å². The number of benzene rings is 1. The Morgan fingerprint density at radius 2 is 1.88 bits per heavy atom. The van der Waals surface area contributed by atoms with Crippen molar-refractivity contribution in [3.63, 3.8) is 0 Å². The number of aliphatic hydroxyl groups excluding tert-OH is 1. The van der Waals surface area contributed by atoms with Gasteiger partial charge < -0.3 is 9.67 Å². The van der Waals surface area contributed by atoms with Crippen LogP contribution in [0.5, 0.6) is 0 Å². The standard InChI is InChI=1S/C12H14F2N2O/c13-9-6-11-12(7-10(9)14)16(8-15-11)4-2-1-3-5-17/h6-8,17H,1-5H2. The highest BCUT2D eigenvalue weighted by atomic mass is 19.2. The third-order valence-electron chi connectivity index (χ3n) is 2.72. The van der Waals surface area contributed by atoms with Crippen molar-refractivity contribution in [1.29, 1.82) is 0 Å². The molecule has 0 atom stereocenters. The average Bonchev–Trinajstić information content (AvgIpc) is 2.68. The maximum Gasteiger partial charge on any atom is 0.161 e. The molecule has 5 heteroatoms. The highest BCUT2D eigenvalue weighted by Crippen LogP contribution is 2.18. The third kappa shape index (κ3) is 2.61. The molecular weight excluding hydrogens is 226 g/mol. The second-order valence-electron chi connectivity index (χ2n) is 3.98. The Labute approximate surface area is 97.7 Å². The molecule has 0 aliphatic carbocycles. The van der Waals surface area contributed by atoms with Crippen LogP contribution in [-0.2, 0) is 6.54 Å². The zero-order chi connectivity index (χ0) is 12.3. The molecule has 0 unspecified atom stereocenters. The number of aryl methyl sites for hydroxylation is 1. The van der Waals surface area contributed by atoms with E-state index < -0.39 is 11.6 Å². The Morgan fingerprint density at radius 3 is 2.65 bits per heavy atom. The maximum absolute atomic E-state index is 13.1. The predicted octanol–water partition coefficient (Wildman–Crippen LogP) is 2.48. The van der Waals surface area contributed by atoms with Crippen LogP contribution in [0.4, 0.5) is 8.78 Å². The predicted molar refractivity (Wildman–Crippen MR) is 60.6 cm³/mol. The Balaban J connectivity index is 2.15. The molecule has 0 saturated heterocycles. The minimum Gasteiger partial charge on any atom is -0.396 e. The summed E-state index contributed by atoms with van der Waals surface area (Å²) < 4.78 is 27.9. The van der Waals surface area contributed by atoms with Crippen molar-refractivity contribution >= 4 is 11.0 Å². The van der Waals surface area contributed by atoms with Gasteiger partial charge in [0, 0.05) is 25.3 Å². The molecule has 0 bridgehead atoms. The van der Waals surface area contributed by atoms with E-state index >= 15 is 0 Å². The number of hydrogen-bond donors (Lipinski definition) is 1. The SMILES string of the molecule is OCCCCCn1cnc2cc(F)c(F)cc21. The largest absolute Gasteiger partial charge is 0.396 e. The number of rotatable bonds is 5. The van der Waals surface area contributed by atoms with Crippen molar-refractivity contribution in [2.24, 2.45) is 0 Å². The molecule has 0 saturated carbocycles. The van der Waals surface area contributed by atoms with E-state index in [1.807, 2.05) is 0 Å². The number of hydrogen-bond acceptors (Lipinski definition) is 2. The maximum atomic E-state index is 13.1. The minimum atomic E-state index is -0.872. The zero-order valence-electron chi connectivity index (χ0n) is 9.37. The molecule has 0 aliphatic rings. The van der Waals surface area contributed by atoms with Crippen molar-refractivity contribution in [1.82, 2.24) is 9.55 Å². The first-order chi connectivity index (χ1) is 8.22. The van der Waals surface area contributed by atoms with Crippen molar-refractivity contribution in [2.75, 3.05) is 6.61 Å². The zero-order valence-corrected chi connectivity index (χ0v) is 9.37. The Bertz CT molecular complexity index is 510. The molecule has 1 aromatic carbocycles. The number of aromatic nitrogens is 2. The van der Waals surface area contributed by atoms with Gasteiger partial charge in [-0.05, 0) is 19.3 Å². The molecule has 0 aliphatic heterocycles. The summed E-state index contributed by atoms with van der Waals surface area (Å²) in [5, 5.41) is 8.65. The number of nitrogens with zero attached hydrogens (tertiary/aromatic N) is 2. The lowest BCUT2D eigenvalue weighted by atomic mass is 10.2. The van der Waals surface area contributed by atoms with Gasteiger partial charge in [-0.3, -0.25) is 0 Å². The van der Waals surface area contributed by atoms with E-state index in [-0.39, 0.29) is 6.61 Å². The van der Waals surface area contributed by atoms with Gasteiger partial charge in [-0.25, -0.2) is 13.8 Å². The van der Waals surface area contributed by atoms with Crippen molar-refractivity contribution in [2.45, 2.75) is 25.8 Å². The first kappa shape index (κ1) is 12.0. The lowest BCUT2D eigenvalue weighted by Gasteiger charge is -2.03. The summed E-state index contributed by atoms with van der Waals surface area (Å²) >= 11 is 0. The summed E-state index contributed by atoms with van der Waals surface area (Å²) in [7, 11) is 0. The van der Waals surface area contributed by atoms with E-state index in [1.165, 1.54) is 6.07 Å². The highest BCUT2D eigenvalue weighted by Gasteiger charge is 2.08. The number of unbranched alkanes of at least 4 members (excludes halogenated alkanes) is 2. The smallest absolute Gasteiger partial charge is 0.161 e.